The molecule has 0 aromatic carbocycles. The largest absolute Gasteiger partial charge is 0.333 e. The fourth-order valence-corrected chi connectivity index (χ4v) is 2.04. The Labute approximate surface area is 107 Å². The third-order valence-corrected chi connectivity index (χ3v) is 2.99. The van der Waals surface area contributed by atoms with Gasteiger partial charge in [-0.1, -0.05) is 15.9 Å². The van der Waals surface area contributed by atoms with Crippen molar-refractivity contribution in [1.29, 1.82) is 0 Å². The Hall–Kier alpha value is -1.43. The van der Waals surface area contributed by atoms with Crippen LogP contribution in [0.2, 0.25) is 0 Å². The van der Waals surface area contributed by atoms with Crippen LogP contribution in [0.3, 0.4) is 0 Å². The number of hydrogen-bond donors (Lipinski definition) is 1. The summed E-state index contributed by atoms with van der Waals surface area (Å²) >= 11 is 3.29. The van der Waals surface area contributed by atoms with Crippen LogP contribution in [-0.4, -0.2) is 34.8 Å². The first-order valence-corrected chi connectivity index (χ1v) is 6.13. The lowest BCUT2D eigenvalue weighted by Crippen LogP contribution is -2.34. The number of hydrogen-bond acceptors (Lipinski definition) is 3. The van der Waals surface area contributed by atoms with Crippen molar-refractivity contribution >= 4 is 33.6 Å². The topological polar surface area (TPSA) is 62.3 Å². The van der Waals surface area contributed by atoms with E-state index in [1.807, 2.05) is 0 Å². The molecule has 2 heterocycles. The molecule has 1 aliphatic rings. The number of amides is 2. The molecule has 2 amide bonds. The first kappa shape index (κ1) is 12.0. The first-order chi connectivity index (χ1) is 8.15. The van der Waals surface area contributed by atoms with Gasteiger partial charge in [-0.2, -0.15) is 0 Å². The molecule has 0 radical (unpaired) electrons. The van der Waals surface area contributed by atoms with Crippen LogP contribution in [0.1, 0.15) is 12.8 Å². The summed E-state index contributed by atoms with van der Waals surface area (Å²) in [7, 11) is 0. The summed E-state index contributed by atoms with van der Waals surface area (Å²) in [6.07, 6.45) is 2.98. The zero-order chi connectivity index (χ0) is 12.3. The minimum absolute atomic E-state index is 0.0438. The zero-order valence-electron chi connectivity index (χ0n) is 9.15. The van der Waals surface area contributed by atoms with Crippen molar-refractivity contribution in [1.82, 2.24) is 9.88 Å². The SMILES string of the molecule is O=C(CN1CCCC1=O)Nc1cc(Br)ccn1. The molecular formula is C11H12BrN3O2. The van der Waals surface area contributed by atoms with Gasteiger partial charge in [0.1, 0.15) is 5.82 Å². The molecule has 1 aromatic heterocycles. The number of nitrogens with zero attached hydrogens (tertiary/aromatic N) is 2. The Morgan fingerprint density at radius 1 is 1.59 bits per heavy atom. The predicted molar refractivity (Wildman–Crippen MR) is 66.4 cm³/mol. The molecule has 0 atom stereocenters. The van der Waals surface area contributed by atoms with E-state index >= 15 is 0 Å². The van der Waals surface area contributed by atoms with E-state index in [4.69, 9.17) is 0 Å². The van der Waals surface area contributed by atoms with Crippen molar-refractivity contribution in [2.24, 2.45) is 0 Å². The molecule has 0 saturated carbocycles. The summed E-state index contributed by atoms with van der Waals surface area (Å²) in [4.78, 5) is 28.6. The molecule has 1 fully saturated rings. The lowest BCUT2D eigenvalue weighted by molar-refractivity contribution is -0.131. The normalized spacial score (nSPS) is 15.1. The second-order valence-corrected chi connectivity index (χ2v) is 4.74. The Morgan fingerprint density at radius 3 is 3.06 bits per heavy atom. The highest BCUT2D eigenvalue weighted by Gasteiger charge is 2.22. The fourth-order valence-electron chi connectivity index (χ4n) is 1.70. The Kier molecular flexibility index (Phi) is 3.73. The Balaban J connectivity index is 1.91. The quantitative estimate of drug-likeness (QED) is 0.917. The molecule has 2 rings (SSSR count). The van der Waals surface area contributed by atoms with E-state index in [-0.39, 0.29) is 18.4 Å². The molecule has 5 nitrogen and oxygen atoms in total. The van der Waals surface area contributed by atoms with E-state index in [1.54, 1.807) is 23.2 Å². The molecule has 1 aliphatic heterocycles. The maximum absolute atomic E-state index is 11.7. The maximum atomic E-state index is 11.7. The second-order valence-electron chi connectivity index (χ2n) is 3.83. The van der Waals surface area contributed by atoms with Crippen LogP contribution < -0.4 is 5.32 Å². The van der Waals surface area contributed by atoms with Crippen LogP contribution in [0.25, 0.3) is 0 Å². The van der Waals surface area contributed by atoms with Gasteiger partial charge in [0.2, 0.25) is 11.8 Å². The standard InChI is InChI=1S/C11H12BrN3O2/c12-8-3-4-13-9(6-8)14-10(16)7-15-5-1-2-11(15)17/h3-4,6H,1-2,5,7H2,(H,13,14,16). The smallest absolute Gasteiger partial charge is 0.245 e. The lowest BCUT2D eigenvalue weighted by Gasteiger charge is -2.14. The van der Waals surface area contributed by atoms with Gasteiger partial charge in [-0.05, 0) is 18.6 Å². The van der Waals surface area contributed by atoms with E-state index in [1.165, 1.54) is 0 Å². The van der Waals surface area contributed by atoms with Gasteiger partial charge in [0, 0.05) is 23.6 Å². The Morgan fingerprint density at radius 2 is 2.41 bits per heavy atom. The molecule has 0 spiro atoms. The molecule has 6 heteroatoms. The highest BCUT2D eigenvalue weighted by atomic mass is 79.9. The number of carbonyl (C=O) groups is 2. The number of likely N-dealkylation sites (tertiary alicyclic amines) is 1. The summed E-state index contributed by atoms with van der Waals surface area (Å²) < 4.78 is 0.847. The average Bonchev–Trinajstić information content (AvgIpc) is 2.64. The fraction of sp³-hybridized carbons (Fsp3) is 0.364. The van der Waals surface area contributed by atoms with Gasteiger partial charge in [-0.3, -0.25) is 9.59 Å². The zero-order valence-corrected chi connectivity index (χ0v) is 10.7. The molecule has 17 heavy (non-hydrogen) atoms. The number of carbonyl (C=O) groups excluding carboxylic acids is 2. The van der Waals surface area contributed by atoms with Crippen LogP contribution >= 0.6 is 15.9 Å². The van der Waals surface area contributed by atoms with Crippen LogP contribution in [0.15, 0.2) is 22.8 Å². The van der Waals surface area contributed by atoms with Gasteiger partial charge in [-0.25, -0.2) is 4.98 Å². The van der Waals surface area contributed by atoms with Crippen molar-refractivity contribution in [3.05, 3.63) is 22.8 Å². The number of pyridine rings is 1. The molecule has 0 unspecified atom stereocenters. The molecule has 1 aromatic rings. The minimum Gasteiger partial charge on any atom is -0.333 e. The first-order valence-electron chi connectivity index (χ1n) is 5.34. The van der Waals surface area contributed by atoms with E-state index in [0.717, 1.165) is 10.9 Å². The lowest BCUT2D eigenvalue weighted by atomic mass is 10.4. The third kappa shape index (κ3) is 3.26. The van der Waals surface area contributed by atoms with Crippen molar-refractivity contribution in [3.8, 4) is 0 Å². The van der Waals surface area contributed by atoms with Gasteiger partial charge in [0.15, 0.2) is 0 Å². The highest BCUT2D eigenvalue weighted by Crippen LogP contribution is 2.13. The number of nitrogens with one attached hydrogen (secondary N) is 1. The summed E-state index contributed by atoms with van der Waals surface area (Å²) in [5, 5.41) is 2.66. The summed E-state index contributed by atoms with van der Waals surface area (Å²) in [5.41, 5.74) is 0. The molecule has 90 valence electrons. The molecule has 1 saturated heterocycles. The number of aromatic nitrogens is 1. The number of anilines is 1. The van der Waals surface area contributed by atoms with Crippen LogP contribution in [0.4, 0.5) is 5.82 Å². The third-order valence-electron chi connectivity index (χ3n) is 2.50. The molecule has 0 aliphatic carbocycles. The van der Waals surface area contributed by atoms with Gasteiger partial charge in [0.05, 0.1) is 6.54 Å². The molecular weight excluding hydrogens is 286 g/mol. The number of rotatable bonds is 3. The van der Waals surface area contributed by atoms with Gasteiger partial charge >= 0.3 is 0 Å². The molecule has 1 N–H and O–H groups in total. The van der Waals surface area contributed by atoms with Gasteiger partial charge in [0.25, 0.3) is 0 Å². The van der Waals surface area contributed by atoms with Crippen LogP contribution in [0, 0.1) is 0 Å². The van der Waals surface area contributed by atoms with Crippen molar-refractivity contribution in [2.75, 3.05) is 18.4 Å². The molecule has 0 bridgehead atoms. The summed E-state index contributed by atoms with van der Waals surface area (Å²) in [6.45, 7) is 0.769. The van der Waals surface area contributed by atoms with Gasteiger partial charge in [-0.15, -0.1) is 0 Å². The summed E-state index contributed by atoms with van der Waals surface area (Å²) in [5.74, 6) is 0.309. The van der Waals surface area contributed by atoms with E-state index in [2.05, 4.69) is 26.2 Å². The van der Waals surface area contributed by atoms with Crippen molar-refractivity contribution in [2.45, 2.75) is 12.8 Å². The highest BCUT2D eigenvalue weighted by molar-refractivity contribution is 9.10. The monoisotopic (exact) mass is 297 g/mol. The van der Waals surface area contributed by atoms with Gasteiger partial charge < -0.3 is 10.2 Å². The van der Waals surface area contributed by atoms with Crippen LogP contribution in [-0.2, 0) is 9.59 Å². The summed E-state index contributed by atoms with van der Waals surface area (Å²) in [6, 6.07) is 3.49. The minimum atomic E-state index is -0.217. The van der Waals surface area contributed by atoms with E-state index in [9.17, 15) is 9.59 Å². The van der Waals surface area contributed by atoms with E-state index in [0.29, 0.717) is 18.8 Å². The van der Waals surface area contributed by atoms with E-state index < -0.39 is 0 Å². The average molecular weight is 298 g/mol. The second kappa shape index (κ2) is 5.27. The predicted octanol–water partition coefficient (Wildman–Crippen LogP) is 1.41. The van der Waals surface area contributed by atoms with Crippen LogP contribution in [0.5, 0.6) is 0 Å². The maximum Gasteiger partial charge on any atom is 0.245 e. The Bertz CT molecular complexity index is 450. The number of halogens is 1. The van der Waals surface area contributed by atoms with Crippen molar-refractivity contribution < 1.29 is 9.59 Å². The van der Waals surface area contributed by atoms with Crippen molar-refractivity contribution in [3.63, 3.8) is 0 Å².